The van der Waals surface area contributed by atoms with E-state index in [-0.39, 0.29) is 41.6 Å². The summed E-state index contributed by atoms with van der Waals surface area (Å²) in [6.07, 6.45) is 2.48. The third-order valence-corrected chi connectivity index (χ3v) is 8.49. The third-order valence-electron chi connectivity index (χ3n) is 8.49. The van der Waals surface area contributed by atoms with Crippen LogP contribution in [0.5, 0.6) is 5.75 Å². The molecule has 1 aliphatic carbocycles. The highest BCUT2D eigenvalue weighted by Crippen LogP contribution is 2.67. The molecule has 0 radical (unpaired) electrons. The Morgan fingerprint density at radius 3 is 2.88 bits per heavy atom. The number of hydrogen-bond donors (Lipinski definition) is 1. The molecule has 6 aliphatic rings. The van der Waals surface area contributed by atoms with Gasteiger partial charge in [-0.05, 0) is 36.8 Å². The van der Waals surface area contributed by atoms with Crippen molar-refractivity contribution in [2.45, 2.75) is 56.0 Å². The molecule has 4 saturated heterocycles. The van der Waals surface area contributed by atoms with Crippen molar-refractivity contribution in [3.8, 4) is 5.75 Å². The number of ether oxygens (including phenoxy) is 1. The van der Waals surface area contributed by atoms with Crippen molar-refractivity contribution in [2.75, 3.05) is 19.1 Å². The van der Waals surface area contributed by atoms with Crippen LogP contribution >= 0.6 is 0 Å². The fourth-order valence-electron chi connectivity index (χ4n) is 7.72. The highest BCUT2D eigenvalue weighted by atomic mass is 16.5. The van der Waals surface area contributed by atoms with E-state index in [2.05, 4.69) is 35.9 Å². The Bertz CT molecular complexity index is 825. The monoisotopic (exact) mass is 354 g/mol. The summed E-state index contributed by atoms with van der Waals surface area (Å²) in [5.74, 6) is 1.98. The number of carbonyl (C=O) groups excluding carboxylic acids is 1. The maximum absolute atomic E-state index is 13.9. The molecule has 5 nitrogen and oxygen atoms in total. The number of aliphatic hydroxyl groups is 1. The van der Waals surface area contributed by atoms with Gasteiger partial charge >= 0.3 is 0 Å². The van der Waals surface area contributed by atoms with E-state index in [4.69, 9.17) is 4.74 Å². The molecule has 26 heavy (non-hydrogen) atoms. The molecule has 0 aromatic heterocycles. The summed E-state index contributed by atoms with van der Waals surface area (Å²) in [6.45, 7) is 2.15. The van der Waals surface area contributed by atoms with E-state index in [1.54, 1.807) is 7.11 Å². The van der Waals surface area contributed by atoms with Crippen LogP contribution in [0.2, 0.25) is 0 Å². The summed E-state index contributed by atoms with van der Waals surface area (Å²) in [6, 6.07) is 6.83. The molecule has 1 saturated carbocycles. The second-order valence-corrected chi connectivity index (χ2v) is 8.97. The van der Waals surface area contributed by atoms with E-state index < -0.39 is 0 Å². The van der Waals surface area contributed by atoms with E-state index in [0.717, 1.165) is 30.7 Å². The summed E-state index contributed by atoms with van der Waals surface area (Å²) >= 11 is 0. The first-order chi connectivity index (χ1) is 12.5. The van der Waals surface area contributed by atoms with Crippen LogP contribution in [0.25, 0.3) is 0 Å². The molecule has 1 aromatic carbocycles. The van der Waals surface area contributed by atoms with E-state index in [0.29, 0.717) is 11.7 Å². The molecule has 5 fully saturated rings. The standard InChI is InChI=1S/C21H26N2O3/c1-4-11-12-8-15-18-21(9-16(17(12)19(21)24)23(15)20(11)25)13-6-5-10(26-3)7-14(13)22(18)2/h5-7,11-12,15-18,20,25H,4,8-9H2,1-3H3/t11-,12-,15-,16-,17+,18?,20-,21+/m0/s1. The van der Waals surface area contributed by atoms with Crippen LogP contribution < -0.4 is 9.64 Å². The van der Waals surface area contributed by atoms with Gasteiger partial charge in [-0.3, -0.25) is 9.69 Å². The van der Waals surface area contributed by atoms with Gasteiger partial charge in [0.2, 0.25) is 0 Å². The number of nitrogens with zero attached hydrogens (tertiary/aromatic N) is 2. The van der Waals surface area contributed by atoms with E-state index in [1.165, 1.54) is 5.56 Å². The predicted octanol–water partition coefficient (Wildman–Crippen LogP) is 1.77. The number of benzene rings is 1. The number of aliphatic hydroxyl groups excluding tert-OH is 1. The lowest BCUT2D eigenvalue weighted by atomic mass is 9.62. The lowest BCUT2D eigenvalue weighted by molar-refractivity contribution is -0.207. The Labute approximate surface area is 153 Å². The fourth-order valence-corrected chi connectivity index (χ4v) is 7.72. The van der Waals surface area contributed by atoms with Gasteiger partial charge in [-0.2, -0.15) is 0 Å². The minimum atomic E-state index is -0.388. The smallest absolute Gasteiger partial charge is 0.150 e. The summed E-state index contributed by atoms with van der Waals surface area (Å²) in [4.78, 5) is 18.6. The highest BCUT2D eigenvalue weighted by Gasteiger charge is 2.76. The molecule has 0 amide bonds. The molecule has 9 atom stereocenters. The van der Waals surface area contributed by atoms with Crippen LogP contribution in [0, 0.1) is 17.8 Å². The van der Waals surface area contributed by atoms with E-state index >= 15 is 0 Å². The number of fused-ring (bicyclic) bond motifs is 2. The highest BCUT2D eigenvalue weighted by molar-refractivity contribution is 6.01. The second-order valence-electron chi connectivity index (χ2n) is 8.97. The molecule has 5 heteroatoms. The van der Waals surface area contributed by atoms with Gasteiger partial charge in [-0.1, -0.05) is 13.0 Å². The van der Waals surface area contributed by atoms with Crippen LogP contribution in [-0.4, -0.2) is 54.3 Å². The Kier molecular flexibility index (Phi) is 2.75. The van der Waals surface area contributed by atoms with Crippen LogP contribution in [0.15, 0.2) is 18.2 Å². The van der Waals surface area contributed by atoms with Crippen LogP contribution in [0.4, 0.5) is 5.69 Å². The van der Waals surface area contributed by atoms with Crippen LogP contribution in [-0.2, 0) is 10.2 Å². The number of hydrogen-bond acceptors (Lipinski definition) is 5. The zero-order valence-electron chi connectivity index (χ0n) is 15.6. The van der Waals surface area contributed by atoms with Gasteiger partial charge < -0.3 is 14.7 Å². The number of piperidine rings is 4. The van der Waals surface area contributed by atoms with Gasteiger partial charge in [-0.25, -0.2) is 0 Å². The molecule has 5 bridgehead atoms. The number of Topliss-reactive ketones (excluding diaryl/α,β-unsaturated/α-hetero) is 1. The molecule has 138 valence electrons. The van der Waals surface area contributed by atoms with Crippen LogP contribution in [0.1, 0.15) is 31.7 Å². The van der Waals surface area contributed by atoms with Gasteiger partial charge in [0.1, 0.15) is 12.0 Å². The normalized spacial score (nSPS) is 49.5. The lowest BCUT2D eigenvalue weighted by Gasteiger charge is -2.62. The number of rotatable bonds is 2. The van der Waals surface area contributed by atoms with Crippen molar-refractivity contribution in [3.63, 3.8) is 0 Å². The molecule has 2 unspecified atom stereocenters. The number of carbonyl (C=O) groups is 1. The zero-order chi connectivity index (χ0) is 18.0. The summed E-state index contributed by atoms with van der Waals surface area (Å²) < 4.78 is 5.44. The minimum absolute atomic E-state index is 0.103. The molecule has 1 aromatic rings. The molecular weight excluding hydrogens is 328 g/mol. The SMILES string of the molecule is CC[C@H]1[C@@H]2C[C@H]3C4N(C)c5cc(OC)ccc5[C@]45C[C@@H]([C@@H]2C5=O)N3[C@H]1O. The topological polar surface area (TPSA) is 53.0 Å². The van der Waals surface area contributed by atoms with Crippen molar-refractivity contribution in [2.24, 2.45) is 17.8 Å². The predicted molar refractivity (Wildman–Crippen MR) is 97.3 cm³/mol. The summed E-state index contributed by atoms with van der Waals surface area (Å²) in [7, 11) is 3.81. The van der Waals surface area contributed by atoms with Gasteiger partial charge in [0.25, 0.3) is 0 Å². The maximum atomic E-state index is 13.9. The number of likely N-dealkylation sites (N-methyl/N-ethyl adjacent to an activating group) is 1. The van der Waals surface area contributed by atoms with Gasteiger partial charge in [0.05, 0.1) is 18.6 Å². The van der Waals surface area contributed by atoms with Crippen molar-refractivity contribution < 1.29 is 14.6 Å². The Morgan fingerprint density at radius 1 is 1.35 bits per heavy atom. The van der Waals surface area contributed by atoms with Gasteiger partial charge in [0.15, 0.2) is 5.78 Å². The molecule has 5 heterocycles. The van der Waals surface area contributed by atoms with Crippen LogP contribution in [0.3, 0.4) is 0 Å². The first-order valence-electron chi connectivity index (χ1n) is 9.95. The molecule has 1 N–H and O–H groups in total. The summed E-state index contributed by atoms with van der Waals surface area (Å²) in [5.41, 5.74) is 1.94. The Balaban J connectivity index is 1.57. The Hall–Kier alpha value is -1.59. The molecule has 7 rings (SSSR count). The fraction of sp³-hybridized carbons (Fsp3) is 0.667. The second kappa shape index (κ2) is 4.63. The van der Waals surface area contributed by atoms with Crippen molar-refractivity contribution >= 4 is 11.5 Å². The first-order valence-corrected chi connectivity index (χ1v) is 9.95. The average molecular weight is 354 g/mol. The van der Waals surface area contributed by atoms with E-state index in [9.17, 15) is 9.90 Å². The quantitative estimate of drug-likeness (QED) is 0.877. The zero-order valence-corrected chi connectivity index (χ0v) is 15.6. The molecule has 1 spiro atoms. The van der Waals surface area contributed by atoms with Gasteiger partial charge in [0, 0.05) is 42.7 Å². The lowest BCUT2D eigenvalue weighted by Crippen LogP contribution is -2.72. The number of anilines is 1. The van der Waals surface area contributed by atoms with Crippen molar-refractivity contribution in [1.82, 2.24) is 4.90 Å². The van der Waals surface area contributed by atoms with E-state index in [1.807, 2.05) is 6.07 Å². The van der Waals surface area contributed by atoms with Crippen molar-refractivity contribution in [3.05, 3.63) is 23.8 Å². The average Bonchev–Trinajstić information content (AvgIpc) is 3.03. The van der Waals surface area contributed by atoms with Gasteiger partial charge in [-0.15, -0.1) is 0 Å². The number of ketones is 1. The minimum Gasteiger partial charge on any atom is -0.497 e. The maximum Gasteiger partial charge on any atom is 0.150 e. The molecule has 5 aliphatic heterocycles. The number of methoxy groups -OCH3 is 1. The first kappa shape index (κ1) is 15.5. The Morgan fingerprint density at radius 2 is 2.15 bits per heavy atom. The molecular formula is C21H26N2O3. The largest absolute Gasteiger partial charge is 0.497 e. The third kappa shape index (κ3) is 1.38. The van der Waals surface area contributed by atoms with Crippen molar-refractivity contribution in [1.29, 1.82) is 0 Å². The summed E-state index contributed by atoms with van der Waals surface area (Å²) in [5, 5.41) is 11.1.